The van der Waals surface area contributed by atoms with E-state index in [1.54, 1.807) is 7.11 Å². The van der Waals surface area contributed by atoms with Gasteiger partial charge in [0.2, 0.25) is 5.91 Å². The lowest BCUT2D eigenvalue weighted by molar-refractivity contribution is -0.147. The molecular weight excluding hydrogens is 280 g/mol. The molecule has 22 heavy (non-hydrogen) atoms. The third-order valence-corrected chi connectivity index (χ3v) is 4.50. The van der Waals surface area contributed by atoms with Crippen molar-refractivity contribution in [3.05, 3.63) is 29.8 Å². The summed E-state index contributed by atoms with van der Waals surface area (Å²) in [7, 11) is 1.65. The number of rotatable bonds is 6. The summed E-state index contributed by atoms with van der Waals surface area (Å²) in [6.07, 6.45) is 1.42. The Kier molecular flexibility index (Phi) is 5.80. The third kappa shape index (κ3) is 3.59. The molecule has 0 spiro atoms. The lowest BCUT2D eigenvalue weighted by atomic mass is 9.78. The fraction of sp³-hybridized carbons (Fsp3) is 0.588. The minimum atomic E-state index is -0.458. The van der Waals surface area contributed by atoms with Gasteiger partial charge in [0.05, 0.1) is 12.5 Å². The Morgan fingerprint density at radius 1 is 1.32 bits per heavy atom. The zero-order chi connectivity index (χ0) is 16.0. The van der Waals surface area contributed by atoms with Crippen LogP contribution in [0.1, 0.15) is 25.3 Å². The van der Waals surface area contributed by atoms with Crippen molar-refractivity contribution in [3.63, 3.8) is 0 Å². The van der Waals surface area contributed by atoms with Crippen LogP contribution in [-0.4, -0.2) is 44.2 Å². The molecule has 5 heteroatoms. The van der Waals surface area contributed by atoms with E-state index in [0.29, 0.717) is 45.7 Å². The van der Waals surface area contributed by atoms with Gasteiger partial charge in [0.25, 0.3) is 0 Å². The number of carbonyl (C=O) groups is 1. The lowest BCUT2D eigenvalue weighted by Crippen LogP contribution is -2.50. The number of nitrogens with two attached hydrogens (primary N) is 1. The Balaban J connectivity index is 2.10. The topological polar surface area (TPSA) is 64.8 Å². The smallest absolute Gasteiger partial charge is 0.230 e. The second-order valence-electron chi connectivity index (χ2n) is 5.76. The molecule has 122 valence electrons. The Labute approximate surface area is 132 Å². The van der Waals surface area contributed by atoms with E-state index in [1.807, 2.05) is 36.1 Å². The summed E-state index contributed by atoms with van der Waals surface area (Å²) < 4.78 is 10.6. The Bertz CT molecular complexity index is 481. The van der Waals surface area contributed by atoms with Gasteiger partial charge in [-0.05, 0) is 37.5 Å². The van der Waals surface area contributed by atoms with Gasteiger partial charge in [0, 0.05) is 32.8 Å². The molecule has 1 aliphatic rings. The average molecular weight is 306 g/mol. The van der Waals surface area contributed by atoms with Crippen LogP contribution >= 0.6 is 0 Å². The van der Waals surface area contributed by atoms with Gasteiger partial charge in [-0.25, -0.2) is 0 Å². The van der Waals surface area contributed by atoms with Crippen molar-refractivity contribution in [3.8, 4) is 5.75 Å². The minimum Gasteiger partial charge on any atom is -0.497 e. The summed E-state index contributed by atoms with van der Waals surface area (Å²) in [4.78, 5) is 14.9. The van der Waals surface area contributed by atoms with Crippen molar-refractivity contribution in [2.45, 2.75) is 26.3 Å². The minimum absolute atomic E-state index is 0.150. The van der Waals surface area contributed by atoms with Gasteiger partial charge < -0.3 is 20.1 Å². The average Bonchev–Trinajstić information content (AvgIpc) is 2.60. The number of hydrogen-bond donors (Lipinski definition) is 1. The molecular formula is C17H26N2O3. The van der Waals surface area contributed by atoms with Crippen LogP contribution in [0, 0.1) is 5.41 Å². The molecule has 0 radical (unpaired) electrons. The van der Waals surface area contributed by atoms with Crippen molar-refractivity contribution < 1.29 is 14.3 Å². The van der Waals surface area contributed by atoms with Gasteiger partial charge in [-0.15, -0.1) is 0 Å². The first-order valence-corrected chi connectivity index (χ1v) is 7.85. The molecule has 2 N–H and O–H groups in total. The standard InChI is InChI=1S/C17H26N2O3/c1-3-19(12-14-4-6-15(21-2)7-5-14)16(20)17(13-18)8-10-22-11-9-17/h4-7H,3,8-13,18H2,1-2H3. The second kappa shape index (κ2) is 7.61. The van der Waals surface area contributed by atoms with E-state index in [9.17, 15) is 4.79 Å². The molecule has 1 aliphatic heterocycles. The van der Waals surface area contributed by atoms with Crippen LogP contribution in [0.15, 0.2) is 24.3 Å². The Hall–Kier alpha value is -1.59. The van der Waals surface area contributed by atoms with E-state index in [-0.39, 0.29) is 5.91 Å². The second-order valence-corrected chi connectivity index (χ2v) is 5.76. The quantitative estimate of drug-likeness (QED) is 0.870. The molecule has 0 saturated carbocycles. The third-order valence-electron chi connectivity index (χ3n) is 4.50. The first-order chi connectivity index (χ1) is 10.6. The predicted molar refractivity (Wildman–Crippen MR) is 85.6 cm³/mol. The van der Waals surface area contributed by atoms with Crippen LogP contribution < -0.4 is 10.5 Å². The fourth-order valence-electron chi connectivity index (χ4n) is 2.88. The summed E-state index contributed by atoms with van der Waals surface area (Å²) in [6, 6.07) is 7.82. The maximum absolute atomic E-state index is 13.0. The highest BCUT2D eigenvalue weighted by molar-refractivity contribution is 5.83. The maximum Gasteiger partial charge on any atom is 0.230 e. The van der Waals surface area contributed by atoms with E-state index < -0.39 is 5.41 Å². The van der Waals surface area contributed by atoms with Crippen LogP contribution in [0.5, 0.6) is 5.75 Å². The zero-order valence-corrected chi connectivity index (χ0v) is 13.5. The van der Waals surface area contributed by atoms with Crippen LogP contribution in [-0.2, 0) is 16.1 Å². The SMILES string of the molecule is CCN(Cc1ccc(OC)cc1)C(=O)C1(CN)CCOCC1. The molecule has 1 heterocycles. The molecule has 2 rings (SSSR count). The van der Waals surface area contributed by atoms with E-state index >= 15 is 0 Å². The molecule has 0 bridgehead atoms. The molecule has 1 fully saturated rings. The zero-order valence-electron chi connectivity index (χ0n) is 13.5. The number of nitrogens with zero attached hydrogens (tertiary/aromatic N) is 1. The first-order valence-electron chi connectivity index (χ1n) is 7.85. The number of amides is 1. The van der Waals surface area contributed by atoms with Crippen molar-refractivity contribution in [1.29, 1.82) is 0 Å². The van der Waals surface area contributed by atoms with Crippen LogP contribution in [0.2, 0.25) is 0 Å². The number of hydrogen-bond acceptors (Lipinski definition) is 4. The summed E-state index contributed by atoms with van der Waals surface area (Å²) in [5.41, 5.74) is 6.58. The molecule has 0 aromatic heterocycles. The van der Waals surface area contributed by atoms with Crippen molar-refractivity contribution in [2.24, 2.45) is 11.1 Å². The van der Waals surface area contributed by atoms with Crippen LogP contribution in [0.4, 0.5) is 0 Å². The molecule has 5 nitrogen and oxygen atoms in total. The number of methoxy groups -OCH3 is 1. The van der Waals surface area contributed by atoms with Gasteiger partial charge in [-0.3, -0.25) is 4.79 Å². The molecule has 1 aromatic rings. The summed E-state index contributed by atoms with van der Waals surface area (Å²) in [6.45, 7) is 4.89. The van der Waals surface area contributed by atoms with Gasteiger partial charge in [0.15, 0.2) is 0 Å². The van der Waals surface area contributed by atoms with E-state index in [4.69, 9.17) is 15.2 Å². The molecule has 0 atom stereocenters. The summed E-state index contributed by atoms with van der Waals surface area (Å²) >= 11 is 0. The number of carbonyl (C=O) groups excluding carboxylic acids is 1. The van der Waals surface area contributed by atoms with E-state index in [0.717, 1.165) is 11.3 Å². The Morgan fingerprint density at radius 3 is 2.45 bits per heavy atom. The predicted octanol–water partition coefficient (Wildman–Crippen LogP) is 1.80. The van der Waals surface area contributed by atoms with E-state index in [2.05, 4.69) is 0 Å². The van der Waals surface area contributed by atoms with Crippen LogP contribution in [0.25, 0.3) is 0 Å². The molecule has 1 amide bonds. The van der Waals surface area contributed by atoms with Gasteiger partial charge in [0.1, 0.15) is 5.75 Å². The molecule has 0 aliphatic carbocycles. The first kappa shape index (κ1) is 16.8. The summed E-state index contributed by atoms with van der Waals surface area (Å²) in [5, 5.41) is 0. The number of benzene rings is 1. The Morgan fingerprint density at radius 2 is 1.95 bits per heavy atom. The van der Waals surface area contributed by atoms with Gasteiger partial charge in [-0.2, -0.15) is 0 Å². The normalized spacial score (nSPS) is 17.0. The maximum atomic E-state index is 13.0. The van der Waals surface area contributed by atoms with Crippen molar-refractivity contribution in [2.75, 3.05) is 33.4 Å². The highest BCUT2D eigenvalue weighted by Crippen LogP contribution is 2.32. The highest BCUT2D eigenvalue weighted by Gasteiger charge is 2.41. The van der Waals surface area contributed by atoms with Crippen LogP contribution in [0.3, 0.4) is 0 Å². The fourth-order valence-corrected chi connectivity index (χ4v) is 2.88. The van der Waals surface area contributed by atoms with Gasteiger partial charge in [-0.1, -0.05) is 12.1 Å². The number of ether oxygens (including phenoxy) is 2. The van der Waals surface area contributed by atoms with E-state index in [1.165, 1.54) is 0 Å². The molecule has 0 unspecified atom stereocenters. The lowest BCUT2D eigenvalue weighted by Gasteiger charge is -2.38. The largest absolute Gasteiger partial charge is 0.497 e. The monoisotopic (exact) mass is 306 g/mol. The molecule has 1 saturated heterocycles. The summed E-state index contributed by atoms with van der Waals surface area (Å²) in [5.74, 6) is 0.970. The molecule has 1 aromatic carbocycles. The van der Waals surface area contributed by atoms with Crippen molar-refractivity contribution in [1.82, 2.24) is 4.90 Å². The van der Waals surface area contributed by atoms with Crippen molar-refractivity contribution >= 4 is 5.91 Å². The van der Waals surface area contributed by atoms with Gasteiger partial charge >= 0.3 is 0 Å². The highest BCUT2D eigenvalue weighted by atomic mass is 16.5.